The summed E-state index contributed by atoms with van der Waals surface area (Å²) >= 11 is 0. The Labute approximate surface area is 258 Å². The molecule has 3 rings (SSSR count). The molecule has 1 aromatic heterocycles. The first-order chi connectivity index (χ1) is 20.5. The van der Waals surface area contributed by atoms with Crippen molar-refractivity contribution >= 4 is 24.1 Å². The highest BCUT2D eigenvalue weighted by atomic mass is 19.1. The van der Waals surface area contributed by atoms with Crippen molar-refractivity contribution in [3.8, 4) is 0 Å². The number of aryl methyl sites for hydroxylation is 1. The first-order valence-electron chi connectivity index (χ1n) is 14.8. The number of aromatic nitrogens is 1. The first-order valence-corrected chi connectivity index (χ1v) is 14.8. The minimum Gasteiger partial charge on any atom is -0.465 e. The van der Waals surface area contributed by atoms with Crippen molar-refractivity contribution in [1.82, 2.24) is 15.2 Å². The van der Waals surface area contributed by atoms with E-state index in [1.807, 2.05) is 19.1 Å². The molecule has 44 heavy (non-hydrogen) atoms. The van der Waals surface area contributed by atoms with E-state index in [9.17, 15) is 23.9 Å². The molecule has 2 N–H and O–H groups in total. The van der Waals surface area contributed by atoms with E-state index in [-0.39, 0.29) is 36.7 Å². The van der Waals surface area contributed by atoms with Crippen molar-refractivity contribution in [1.29, 1.82) is 0 Å². The summed E-state index contributed by atoms with van der Waals surface area (Å²) in [7, 11) is 0. The van der Waals surface area contributed by atoms with Crippen molar-refractivity contribution in [2.45, 2.75) is 78.6 Å². The van der Waals surface area contributed by atoms with Gasteiger partial charge in [-0.2, -0.15) is 4.90 Å². The standard InChI is InChI=1S/C32H45FN4O7/c1-21-15-25(35-27(16-21)37(29(40)43-31(2,3)4)30(41)44-32(5,6)7)18-23-19-36(28(38)39)20-26(23)42-14-13-34-12-11-22-9-8-10-24(33)17-22/h8-10,15-17,23,26,34H,11-14,18-20H2,1-7H3,(H,38,39). The van der Waals surface area contributed by atoms with Gasteiger partial charge in [-0.25, -0.2) is 23.8 Å². The van der Waals surface area contributed by atoms with Gasteiger partial charge in [0.15, 0.2) is 0 Å². The zero-order valence-electron chi connectivity index (χ0n) is 26.7. The number of ether oxygens (including phenoxy) is 3. The molecule has 12 heteroatoms. The van der Waals surface area contributed by atoms with Crippen LogP contribution in [0.3, 0.4) is 0 Å². The largest absolute Gasteiger partial charge is 0.465 e. The number of hydrogen-bond acceptors (Lipinski definition) is 8. The fraction of sp³-hybridized carbons (Fsp3) is 0.562. The maximum absolute atomic E-state index is 13.4. The molecule has 0 aliphatic carbocycles. The fourth-order valence-electron chi connectivity index (χ4n) is 4.80. The average molecular weight is 617 g/mol. The lowest BCUT2D eigenvalue weighted by Crippen LogP contribution is -2.44. The molecule has 11 nitrogen and oxygen atoms in total. The van der Waals surface area contributed by atoms with Crippen LogP contribution in [0.5, 0.6) is 0 Å². The number of carbonyl (C=O) groups is 3. The van der Waals surface area contributed by atoms with Gasteiger partial charge in [0.2, 0.25) is 0 Å². The number of nitrogens with zero attached hydrogens (tertiary/aromatic N) is 3. The SMILES string of the molecule is Cc1cc(CC2CN(C(=O)O)CC2OCCNCCc2cccc(F)c2)nc(N(C(=O)OC(C)(C)C)C(=O)OC(C)(C)C)c1. The van der Waals surface area contributed by atoms with Gasteiger partial charge in [-0.15, -0.1) is 0 Å². The number of nitrogens with one attached hydrogen (secondary N) is 1. The molecule has 1 fully saturated rings. The summed E-state index contributed by atoms with van der Waals surface area (Å²) in [6.07, 6.45) is -2.23. The highest BCUT2D eigenvalue weighted by Gasteiger charge is 2.37. The van der Waals surface area contributed by atoms with Crippen LogP contribution in [0, 0.1) is 18.7 Å². The molecule has 0 spiro atoms. The van der Waals surface area contributed by atoms with Gasteiger partial charge in [0.1, 0.15) is 22.8 Å². The third-order valence-electron chi connectivity index (χ3n) is 6.60. The van der Waals surface area contributed by atoms with E-state index < -0.39 is 29.5 Å². The van der Waals surface area contributed by atoms with Crippen LogP contribution >= 0.6 is 0 Å². The smallest absolute Gasteiger partial charge is 0.425 e. The van der Waals surface area contributed by atoms with Crippen LogP contribution in [0.1, 0.15) is 58.4 Å². The van der Waals surface area contributed by atoms with Gasteiger partial charge in [0.05, 0.1) is 19.3 Å². The molecule has 1 aliphatic heterocycles. The van der Waals surface area contributed by atoms with Crippen LogP contribution in [0.4, 0.5) is 24.6 Å². The molecule has 1 saturated heterocycles. The summed E-state index contributed by atoms with van der Waals surface area (Å²) in [5.41, 5.74) is 0.472. The molecule has 2 unspecified atom stereocenters. The van der Waals surface area contributed by atoms with E-state index in [4.69, 9.17) is 14.2 Å². The second kappa shape index (κ2) is 14.8. The van der Waals surface area contributed by atoms with Gasteiger partial charge < -0.3 is 29.5 Å². The molecule has 242 valence electrons. The summed E-state index contributed by atoms with van der Waals surface area (Å²) in [5, 5.41) is 12.9. The lowest BCUT2D eigenvalue weighted by atomic mass is 9.98. The van der Waals surface area contributed by atoms with E-state index in [1.54, 1.807) is 53.7 Å². The van der Waals surface area contributed by atoms with Crippen LogP contribution in [0.15, 0.2) is 36.4 Å². The Morgan fingerprint density at radius 1 is 1.02 bits per heavy atom. The quantitative estimate of drug-likeness (QED) is 0.329. The summed E-state index contributed by atoms with van der Waals surface area (Å²) in [6, 6.07) is 9.90. The van der Waals surface area contributed by atoms with E-state index in [0.717, 1.165) is 16.0 Å². The molecule has 2 aromatic rings. The zero-order chi connectivity index (χ0) is 32.7. The van der Waals surface area contributed by atoms with Crippen LogP contribution in [-0.4, -0.2) is 83.4 Å². The van der Waals surface area contributed by atoms with Crippen LogP contribution < -0.4 is 10.2 Å². The van der Waals surface area contributed by atoms with E-state index in [1.165, 1.54) is 17.0 Å². The second-order valence-corrected chi connectivity index (χ2v) is 13.0. The molecule has 0 radical (unpaired) electrons. The van der Waals surface area contributed by atoms with Crippen molar-refractivity contribution < 1.29 is 38.1 Å². The van der Waals surface area contributed by atoms with Crippen molar-refractivity contribution in [2.75, 3.05) is 37.7 Å². The molecular formula is C32H45FN4O7. The van der Waals surface area contributed by atoms with E-state index >= 15 is 0 Å². The summed E-state index contributed by atoms with van der Waals surface area (Å²) in [4.78, 5) is 44.8. The third kappa shape index (κ3) is 11.1. The Morgan fingerprint density at radius 2 is 1.68 bits per heavy atom. The number of carboxylic acid groups (broad SMARTS) is 1. The van der Waals surface area contributed by atoms with E-state index in [2.05, 4.69) is 10.3 Å². The first kappa shape index (κ1) is 34.7. The maximum Gasteiger partial charge on any atom is 0.425 e. The molecule has 2 atom stereocenters. The van der Waals surface area contributed by atoms with Crippen LogP contribution in [-0.2, 0) is 27.1 Å². The number of halogens is 1. The van der Waals surface area contributed by atoms with Gasteiger partial charge in [-0.3, -0.25) is 0 Å². The maximum atomic E-state index is 13.4. The molecular weight excluding hydrogens is 571 g/mol. The summed E-state index contributed by atoms with van der Waals surface area (Å²) in [6.45, 7) is 14.0. The van der Waals surface area contributed by atoms with Gasteiger partial charge in [-0.1, -0.05) is 12.1 Å². The molecule has 1 aromatic carbocycles. The highest BCUT2D eigenvalue weighted by molar-refractivity contribution is 6.08. The number of amides is 3. The molecule has 1 aliphatic rings. The molecule has 0 saturated carbocycles. The summed E-state index contributed by atoms with van der Waals surface area (Å²) in [5.74, 6) is -0.424. The average Bonchev–Trinajstić information content (AvgIpc) is 3.26. The topological polar surface area (TPSA) is 131 Å². The van der Waals surface area contributed by atoms with Gasteiger partial charge in [0.25, 0.3) is 0 Å². The number of likely N-dealkylation sites (tertiary alicyclic amines) is 1. The number of imide groups is 1. The lowest BCUT2D eigenvalue weighted by molar-refractivity contribution is 0.0360. The van der Waals surface area contributed by atoms with Crippen molar-refractivity contribution in [3.05, 3.63) is 59.0 Å². The van der Waals surface area contributed by atoms with E-state index in [0.29, 0.717) is 38.2 Å². The molecule has 3 amide bonds. The number of rotatable bonds is 10. The lowest BCUT2D eigenvalue weighted by Gasteiger charge is -2.28. The van der Waals surface area contributed by atoms with Gasteiger partial charge in [0, 0.05) is 24.7 Å². The number of hydrogen-bond donors (Lipinski definition) is 2. The normalized spacial score (nSPS) is 17.0. The number of carbonyl (C=O) groups excluding carboxylic acids is 2. The third-order valence-corrected chi connectivity index (χ3v) is 6.60. The predicted molar refractivity (Wildman–Crippen MR) is 163 cm³/mol. The fourth-order valence-corrected chi connectivity index (χ4v) is 4.80. The van der Waals surface area contributed by atoms with Crippen LogP contribution in [0.2, 0.25) is 0 Å². The Balaban J connectivity index is 1.71. The Kier molecular flexibility index (Phi) is 11.7. The molecule has 2 heterocycles. The number of benzene rings is 1. The minimum absolute atomic E-state index is 0.0524. The van der Waals surface area contributed by atoms with Gasteiger partial charge >= 0.3 is 18.3 Å². The number of pyridine rings is 1. The Bertz CT molecular complexity index is 1280. The predicted octanol–water partition coefficient (Wildman–Crippen LogP) is 5.58. The summed E-state index contributed by atoms with van der Waals surface area (Å²) < 4.78 is 30.5. The Morgan fingerprint density at radius 3 is 2.27 bits per heavy atom. The highest BCUT2D eigenvalue weighted by Crippen LogP contribution is 2.27. The number of anilines is 1. The van der Waals surface area contributed by atoms with Crippen molar-refractivity contribution in [3.63, 3.8) is 0 Å². The second-order valence-electron chi connectivity index (χ2n) is 13.0. The van der Waals surface area contributed by atoms with Gasteiger partial charge in [-0.05, 0) is 103 Å². The van der Waals surface area contributed by atoms with Crippen LogP contribution in [0.25, 0.3) is 0 Å². The molecule has 0 bridgehead atoms. The minimum atomic E-state index is -1.03. The zero-order valence-corrected chi connectivity index (χ0v) is 26.7. The monoisotopic (exact) mass is 616 g/mol. The van der Waals surface area contributed by atoms with Crippen molar-refractivity contribution in [2.24, 2.45) is 5.92 Å². The Hall–Kier alpha value is -3.77.